The van der Waals surface area contributed by atoms with Gasteiger partial charge in [0.05, 0.1) is 5.41 Å². The van der Waals surface area contributed by atoms with E-state index in [4.69, 9.17) is 10.8 Å². The SMILES string of the molecule is CCCC(CN)(CCSC)C(=O)O. The molecule has 13 heavy (non-hydrogen) atoms. The van der Waals surface area contributed by atoms with E-state index in [0.29, 0.717) is 12.8 Å². The maximum absolute atomic E-state index is 11.1. The normalized spacial score (nSPS) is 15.3. The summed E-state index contributed by atoms with van der Waals surface area (Å²) in [5.74, 6) is 0.120. The van der Waals surface area contributed by atoms with E-state index in [2.05, 4.69) is 0 Å². The molecule has 0 fully saturated rings. The summed E-state index contributed by atoms with van der Waals surface area (Å²) in [4.78, 5) is 11.1. The Labute approximate surface area is 84.1 Å². The maximum atomic E-state index is 11.1. The Morgan fingerprint density at radius 1 is 1.54 bits per heavy atom. The number of carboxylic acid groups (broad SMARTS) is 1. The zero-order chi connectivity index (χ0) is 10.3. The van der Waals surface area contributed by atoms with Crippen molar-refractivity contribution < 1.29 is 9.90 Å². The molecule has 1 atom stereocenters. The van der Waals surface area contributed by atoms with Gasteiger partial charge >= 0.3 is 5.97 Å². The average Bonchev–Trinajstić information content (AvgIpc) is 2.12. The molecule has 0 bridgehead atoms. The molecule has 0 spiro atoms. The van der Waals surface area contributed by atoms with Gasteiger partial charge in [-0.2, -0.15) is 11.8 Å². The first kappa shape index (κ1) is 12.8. The first-order chi connectivity index (χ1) is 6.13. The van der Waals surface area contributed by atoms with Crippen LogP contribution in [0, 0.1) is 5.41 Å². The summed E-state index contributed by atoms with van der Waals surface area (Å²) in [5, 5.41) is 9.09. The smallest absolute Gasteiger partial charge is 0.310 e. The zero-order valence-corrected chi connectivity index (χ0v) is 9.19. The highest BCUT2D eigenvalue weighted by molar-refractivity contribution is 7.98. The lowest BCUT2D eigenvalue weighted by molar-refractivity contribution is -0.149. The Bertz CT molecular complexity index is 164. The van der Waals surface area contributed by atoms with Crippen LogP contribution >= 0.6 is 11.8 Å². The van der Waals surface area contributed by atoms with Gasteiger partial charge in [0.15, 0.2) is 0 Å². The summed E-state index contributed by atoms with van der Waals surface area (Å²) in [6.45, 7) is 2.24. The van der Waals surface area contributed by atoms with E-state index in [0.717, 1.165) is 12.2 Å². The molecule has 0 amide bonds. The minimum atomic E-state index is -0.745. The highest BCUT2D eigenvalue weighted by atomic mass is 32.2. The molecule has 0 heterocycles. The molecular weight excluding hydrogens is 186 g/mol. The zero-order valence-electron chi connectivity index (χ0n) is 8.38. The second-order valence-electron chi connectivity index (χ2n) is 3.28. The fourth-order valence-electron chi connectivity index (χ4n) is 1.41. The van der Waals surface area contributed by atoms with Gasteiger partial charge in [0.1, 0.15) is 0 Å². The van der Waals surface area contributed by atoms with Crippen LogP contribution in [0.1, 0.15) is 26.2 Å². The number of rotatable bonds is 7. The van der Waals surface area contributed by atoms with Crippen molar-refractivity contribution in [3.8, 4) is 0 Å². The lowest BCUT2D eigenvalue weighted by atomic mass is 9.81. The van der Waals surface area contributed by atoms with Gasteiger partial charge in [-0.3, -0.25) is 4.79 Å². The van der Waals surface area contributed by atoms with Crippen molar-refractivity contribution in [1.29, 1.82) is 0 Å². The lowest BCUT2D eigenvalue weighted by Gasteiger charge is -2.27. The quantitative estimate of drug-likeness (QED) is 0.662. The molecule has 0 saturated heterocycles. The first-order valence-electron chi connectivity index (χ1n) is 4.55. The van der Waals surface area contributed by atoms with Crippen molar-refractivity contribution in [2.24, 2.45) is 11.1 Å². The van der Waals surface area contributed by atoms with E-state index in [9.17, 15) is 4.79 Å². The molecule has 0 aromatic rings. The second-order valence-corrected chi connectivity index (χ2v) is 4.27. The molecule has 3 N–H and O–H groups in total. The third kappa shape index (κ3) is 3.56. The van der Waals surface area contributed by atoms with E-state index in [1.807, 2.05) is 13.2 Å². The number of hydrogen-bond donors (Lipinski definition) is 2. The number of carbonyl (C=O) groups is 1. The summed E-state index contributed by atoms with van der Waals surface area (Å²) >= 11 is 1.67. The molecular formula is C9H19NO2S. The van der Waals surface area contributed by atoms with Crippen molar-refractivity contribution in [2.45, 2.75) is 26.2 Å². The first-order valence-corrected chi connectivity index (χ1v) is 5.94. The summed E-state index contributed by atoms with van der Waals surface area (Å²) in [6, 6.07) is 0. The molecule has 4 heteroatoms. The van der Waals surface area contributed by atoms with Crippen molar-refractivity contribution in [3.05, 3.63) is 0 Å². The Morgan fingerprint density at radius 3 is 2.46 bits per heavy atom. The summed E-state index contributed by atoms with van der Waals surface area (Å²) in [6.07, 6.45) is 4.21. The molecule has 0 aliphatic carbocycles. The third-order valence-electron chi connectivity index (χ3n) is 2.36. The van der Waals surface area contributed by atoms with Gasteiger partial charge in [-0.15, -0.1) is 0 Å². The van der Waals surface area contributed by atoms with E-state index < -0.39 is 11.4 Å². The molecule has 0 rings (SSSR count). The molecule has 1 unspecified atom stereocenters. The maximum Gasteiger partial charge on any atom is 0.310 e. The van der Waals surface area contributed by atoms with Crippen molar-refractivity contribution in [1.82, 2.24) is 0 Å². The van der Waals surface area contributed by atoms with E-state index in [1.54, 1.807) is 11.8 Å². The number of carboxylic acids is 1. The Balaban J connectivity index is 4.35. The van der Waals surface area contributed by atoms with Gasteiger partial charge in [0, 0.05) is 6.54 Å². The van der Waals surface area contributed by atoms with Gasteiger partial charge in [-0.25, -0.2) is 0 Å². The standard InChI is InChI=1S/C9H19NO2S/c1-3-4-9(7-10,8(11)12)5-6-13-2/h3-7,10H2,1-2H3,(H,11,12). The van der Waals surface area contributed by atoms with Crippen LogP contribution in [0.15, 0.2) is 0 Å². The number of aliphatic carboxylic acids is 1. The predicted molar refractivity (Wildman–Crippen MR) is 57.0 cm³/mol. The van der Waals surface area contributed by atoms with Crippen LogP contribution in [0.4, 0.5) is 0 Å². The molecule has 0 aromatic carbocycles. The Morgan fingerprint density at radius 2 is 2.15 bits per heavy atom. The van der Waals surface area contributed by atoms with Crippen LogP contribution in [0.5, 0.6) is 0 Å². The van der Waals surface area contributed by atoms with Crippen molar-refractivity contribution in [2.75, 3.05) is 18.6 Å². The second kappa shape index (κ2) is 6.27. The summed E-state index contributed by atoms with van der Waals surface area (Å²) in [5.41, 5.74) is 4.86. The van der Waals surface area contributed by atoms with Crippen LogP contribution < -0.4 is 5.73 Å². The van der Waals surface area contributed by atoms with E-state index in [-0.39, 0.29) is 6.54 Å². The van der Waals surface area contributed by atoms with Crippen LogP contribution in [-0.2, 0) is 4.79 Å². The number of nitrogens with two attached hydrogens (primary N) is 1. The average molecular weight is 205 g/mol. The summed E-state index contributed by atoms with van der Waals surface area (Å²) in [7, 11) is 0. The molecule has 0 radical (unpaired) electrons. The van der Waals surface area contributed by atoms with Gasteiger partial charge in [0.2, 0.25) is 0 Å². The minimum absolute atomic E-state index is 0.247. The Kier molecular flexibility index (Phi) is 6.16. The van der Waals surface area contributed by atoms with Crippen LogP contribution in [-0.4, -0.2) is 29.6 Å². The van der Waals surface area contributed by atoms with Gasteiger partial charge < -0.3 is 10.8 Å². The summed E-state index contributed by atoms with van der Waals surface area (Å²) < 4.78 is 0. The Hall–Kier alpha value is -0.220. The van der Waals surface area contributed by atoms with E-state index >= 15 is 0 Å². The minimum Gasteiger partial charge on any atom is -0.481 e. The van der Waals surface area contributed by atoms with Gasteiger partial charge in [0.25, 0.3) is 0 Å². The topological polar surface area (TPSA) is 63.3 Å². The van der Waals surface area contributed by atoms with Gasteiger partial charge in [-0.05, 0) is 24.9 Å². The fraction of sp³-hybridized carbons (Fsp3) is 0.889. The predicted octanol–water partition coefficient (Wildman–Crippen LogP) is 1.57. The number of hydrogen-bond acceptors (Lipinski definition) is 3. The molecule has 78 valence electrons. The lowest BCUT2D eigenvalue weighted by Crippen LogP contribution is -2.39. The fourth-order valence-corrected chi connectivity index (χ4v) is 2.00. The highest BCUT2D eigenvalue weighted by Gasteiger charge is 2.35. The molecule has 0 aliphatic rings. The van der Waals surface area contributed by atoms with E-state index in [1.165, 1.54) is 0 Å². The van der Waals surface area contributed by atoms with Crippen molar-refractivity contribution in [3.63, 3.8) is 0 Å². The molecule has 0 aromatic heterocycles. The van der Waals surface area contributed by atoms with Crippen LogP contribution in [0.3, 0.4) is 0 Å². The monoisotopic (exact) mass is 205 g/mol. The van der Waals surface area contributed by atoms with Crippen LogP contribution in [0.25, 0.3) is 0 Å². The molecule has 0 aliphatic heterocycles. The van der Waals surface area contributed by atoms with Gasteiger partial charge in [-0.1, -0.05) is 13.3 Å². The molecule has 3 nitrogen and oxygen atoms in total. The third-order valence-corrected chi connectivity index (χ3v) is 2.97. The largest absolute Gasteiger partial charge is 0.481 e. The molecule has 0 saturated carbocycles. The van der Waals surface area contributed by atoms with Crippen molar-refractivity contribution >= 4 is 17.7 Å². The highest BCUT2D eigenvalue weighted by Crippen LogP contribution is 2.28. The number of thioether (sulfide) groups is 1. The van der Waals surface area contributed by atoms with Crippen LogP contribution in [0.2, 0.25) is 0 Å².